The quantitative estimate of drug-likeness (QED) is 0.587. The van der Waals surface area contributed by atoms with Crippen molar-refractivity contribution in [3.8, 4) is 0 Å². The van der Waals surface area contributed by atoms with Gasteiger partial charge in [-0.3, -0.25) is 14.5 Å². The van der Waals surface area contributed by atoms with Crippen LogP contribution in [0.25, 0.3) is 0 Å². The summed E-state index contributed by atoms with van der Waals surface area (Å²) in [7, 11) is -3.67. The maximum atomic E-state index is 12.6. The van der Waals surface area contributed by atoms with Crippen LogP contribution in [0.4, 0.5) is 0 Å². The Bertz CT molecular complexity index is 681. The molecule has 1 aromatic carbocycles. The number of hydrogen-bond acceptors (Lipinski definition) is 4. The monoisotopic (exact) mass is 294 g/mol. The lowest BCUT2D eigenvalue weighted by molar-refractivity contribution is -0.168. The molecule has 0 spiro atoms. The molecule has 0 radical (unpaired) electrons. The largest absolute Gasteiger partial charge is 0.274 e. The van der Waals surface area contributed by atoms with Crippen LogP contribution in [-0.4, -0.2) is 42.1 Å². The number of aryl methyl sites for hydroxylation is 1. The van der Waals surface area contributed by atoms with Crippen molar-refractivity contribution >= 4 is 21.8 Å². The van der Waals surface area contributed by atoms with Crippen LogP contribution in [-0.2, 0) is 19.6 Å². The van der Waals surface area contributed by atoms with Crippen LogP contribution in [0.3, 0.4) is 0 Å². The van der Waals surface area contributed by atoms with E-state index in [1.165, 1.54) is 4.31 Å². The van der Waals surface area contributed by atoms with Crippen LogP contribution in [0.15, 0.2) is 29.2 Å². The fourth-order valence-corrected chi connectivity index (χ4v) is 4.11. The van der Waals surface area contributed by atoms with E-state index in [0.717, 1.165) is 10.5 Å². The fraction of sp³-hybridized carbons (Fsp3) is 0.385. The van der Waals surface area contributed by atoms with Crippen LogP contribution in [0, 0.1) is 6.92 Å². The molecule has 2 aliphatic rings. The Morgan fingerprint density at radius 3 is 2.35 bits per heavy atom. The van der Waals surface area contributed by atoms with Gasteiger partial charge < -0.3 is 0 Å². The van der Waals surface area contributed by atoms with Crippen molar-refractivity contribution in [2.75, 3.05) is 6.54 Å². The van der Waals surface area contributed by atoms with Gasteiger partial charge in [0.1, 0.15) is 6.17 Å². The van der Waals surface area contributed by atoms with Crippen molar-refractivity contribution in [2.24, 2.45) is 0 Å². The lowest BCUT2D eigenvalue weighted by atomic mass is 10.1. The highest BCUT2D eigenvalue weighted by Gasteiger charge is 2.51. The molecule has 1 aromatic rings. The molecule has 0 aromatic heterocycles. The second kappa shape index (κ2) is 4.39. The van der Waals surface area contributed by atoms with Crippen LogP contribution < -0.4 is 0 Å². The van der Waals surface area contributed by atoms with E-state index < -0.39 is 16.2 Å². The van der Waals surface area contributed by atoms with E-state index in [2.05, 4.69) is 0 Å². The Morgan fingerprint density at radius 1 is 1.10 bits per heavy atom. The molecule has 2 fully saturated rings. The Balaban J connectivity index is 1.94. The number of fused-ring (bicyclic) bond motifs is 1. The summed E-state index contributed by atoms with van der Waals surface area (Å²) in [5.74, 6) is -0.592. The first kappa shape index (κ1) is 13.3. The van der Waals surface area contributed by atoms with E-state index >= 15 is 0 Å². The van der Waals surface area contributed by atoms with Gasteiger partial charge in [0.2, 0.25) is 21.8 Å². The Hall–Kier alpha value is -1.73. The third kappa shape index (κ3) is 1.85. The first-order chi connectivity index (χ1) is 9.41. The molecule has 0 N–H and O–H groups in total. The number of carbonyl (C=O) groups excluding carboxylic acids is 2. The molecule has 2 heterocycles. The summed E-state index contributed by atoms with van der Waals surface area (Å²) in [6, 6.07) is 6.55. The van der Waals surface area contributed by atoms with Crippen molar-refractivity contribution in [3.05, 3.63) is 29.8 Å². The predicted molar refractivity (Wildman–Crippen MR) is 69.9 cm³/mol. The van der Waals surface area contributed by atoms with Gasteiger partial charge in [-0.15, -0.1) is 0 Å². The average Bonchev–Trinajstić information content (AvgIpc) is 2.37. The lowest BCUT2D eigenvalue weighted by Gasteiger charge is -2.47. The first-order valence-corrected chi connectivity index (χ1v) is 7.78. The zero-order valence-electron chi connectivity index (χ0n) is 10.9. The van der Waals surface area contributed by atoms with Gasteiger partial charge in [0.15, 0.2) is 0 Å². The van der Waals surface area contributed by atoms with Gasteiger partial charge in [-0.25, -0.2) is 8.42 Å². The number of β-lactam (4-membered cyclic amide) rings is 1. The van der Waals surface area contributed by atoms with Crippen LogP contribution >= 0.6 is 0 Å². The highest BCUT2D eigenvalue weighted by Crippen LogP contribution is 2.32. The van der Waals surface area contributed by atoms with E-state index in [9.17, 15) is 18.0 Å². The van der Waals surface area contributed by atoms with Gasteiger partial charge in [-0.2, -0.15) is 4.31 Å². The highest BCUT2D eigenvalue weighted by molar-refractivity contribution is 7.89. The van der Waals surface area contributed by atoms with Crippen molar-refractivity contribution in [2.45, 2.75) is 30.8 Å². The minimum Gasteiger partial charge on any atom is -0.274 e. The van der Waals surface area contributed by atoms with Crippen LogP contribution in [0.5, 0.6) is 0 Å². The summed E-state index contributed by atoms with van der Waals surface area (Å²) in [4.78, 5) is 24.3. The molecule has 0 bridgehead atoms. The molecule has 2 amide bonds. The summed E-state index contributed by atoms with van der Waals surface area (Å²) in [6.45, 7) is 2.01. The first-order valence-electron chi connectivity index (χ1n) is 6.34. The predicted octanol–water partition coefficient (Wildman–Crippen LogP) is 0.474. The number of sulfonamides is 1. The second-order valence-corrected chi connectivity index (χ2v) is 6.91. The third-order valence-corrected chi connectivity index (χ3v) is 5.61. The normalized spacial score (nSPS) is 23.4. The minimum absolute atomic E-state index is 0.0489. The van der Waals surface area contributed by atoms with E-state index in [1.54, 1.807) is 24.3 Å². The smallest absolute Gasteiger partial charge is 0.244 e. The zero-order valence-corrected chi connectivity index (χ0v) is 11.8. The number of hydrogen-bond donors (Lipinski definition) is 0. The van der Waals surface area contributed by atoms with E-state index in [1.807, 2.05) is 6.92 Å². The van der Waals surface area contributed by atoms with Crippen molar-refractivity contribution < 1.29 is 18.0 Å². The Labute approximate surface area is 117 Å². The maximum Gasteiger partial charge on any atom is 0.244 e. The summed E-state index contributed by atoms with van der Waals surface area (Å²) >= 11 is 0. The summed E-state index contributed by atoms with van der Waals surface area (Å²) in [6.07, 6.45) is -0.514. The fourth-order valence-electron chi connectivity index (χ4n) is 2.54. The number of imide groups is 1. The molecular weight excluding hydrogens is 280 g/mol. The molecular formula is C13H14N2O4S. The van der Waals surface area contributed by atoms with E-state index in [0.29, 0.717) is 0 Å². The molecule has 20 heavy (non-hydrogen) atoms. The topological polar surface area (TPSA) is 74.8 Å². The lowest BCUT2D eigenvalue weighted by Crippen LogP contribution is -2.67. The van der Waals surface area contributed by atoms with Crippen LogP contribution in [0.1, 0.15) is 18.4 Å². The minimum atomic E-state index is -3.67. The number of benzene rings is 1. The van der Waals surface area contributed by atoms with E-state index in [-0.39, 0.29) is 36.1 Å². The molecule has 1 atom stereocenters. The molecule has 2 saturated heterocycles. The molecule has 7 heteroatoms. The molecule has 1 unspecified atom stereocenters. The van der Waals surface area contributed by atoms with Crippen molar-refractivity contribution in [1.29, 1.82) is 0 Å². The third-order valence-electron chi connectivity index (χ3n) is 3.70. The number of amides is 2. The molecule has 106 valence electrons. The molecule has 0 saturated carbocycles. The van der Waals surface area contributed by atoms with Crippen molar-refractivity contribution in [1.82, 2.24) is 9.21 Å². The van der Waals surface area contributed by atoms with Crippen LogP contribution in [0.2, 0.25) is 0 Å². The number of carbonyl (C=O) groups is 2. The number of nitrogens with zero attached hydrogens (tertiary/aromatic N) is 2. The summed E-state index contributed by atoms with van der Waals surface area (Å²) < 4.78 is 26.4. The van der Waals surface area contributed by atoms with Gasteiger partial charge in [-0.05, 0) is 19.1 Å². The highest BCUT2D eigenvalue weighted by atomic mass is 32.2. The molecule has 6 nitrogen and oxygen atoms in total. The van der Waals surface area contributed by atoms with Gasteiger partial charge >= 0.3 is 0 Å². The molecule has 3 rings (SSSR count). The number of rotatable bonds is 2. The SMILES string of the molecule is Cc1ccc(S(=O)(=O)N2CCC(=O)N3C(=O)CC32)cc1. The Morgan fingerprint density at radius 2 is 1.75 bits per heavy atom. The second-order valence-electron chi connectivity index (χ2n) is 5.02. The van der Waals surface area contributed by atoms with E-state index in [4.69, 9.17) is 0 Å². The standard InChI is InChI=1S/C13H14N2O4S/c1-9-2-4-10(5-3-9)20(18,19)14-7-6-12(16)15-11(14)8-13(15)17/h2-5,11H,6-8H2,1H3. The molecule has 2 aliphatic heterocycles. The Kier molecular flexibility index (Phi) is 2.91. The maximum absolute atomic E-state index is 12.6. The van der Waals surface area contributed by atoms with Crippen molar-refractivity contribution in [3.63, 3.8) is 0 Å². The van der Waals surface area contributed by atoms with Gasteiger partial charge in [0.25, 0.3) is 0 Å². The van der Waals surface area contributed by atoms with Gasteiger partial charge in [0, 0.05) is 13.0 Å². The van der Waals surface area contributed by atoms with Gasteiger partial charge in [-0.1, -0.05) is 17.7 Å². The summed E-state index contributed by atoms with van der Waals surface area (Å²) in [5.41, 5.74) is 0.971. The molecule has 0 aliphatic carbocycles. The van der Waals surface area contributed by atoms with Gasteiger partial charge in [0.05, 0.1) is 11.3 Å². The summed E-state index contributed by atoms with van der Waals surface area (Å²) in [5, 5.41) is 0. The average molecular weight is 294 g/mol. The zero-order chi connectivity index (χ0) is 14.5.